The summed E-state index contributed by atoms with van der Waals surface area (Å²) in [6, 6.07) is 14.6. The molecule has 1 aromatic heterocycles. The summed E-state index contributed by atoms with van der Waals surface area (Å²) in [7, 11) is 0. The molecule has 0 saturated carbocycles. The van der Waals surface area contributed by atoms with Gasteiger partial charge in [-0.15, -0.1) is 0 Å². The van der Waals surface area contributed by atoms with Crippen LogP contribution in [-0.2, 0) is 11.3 Å². The number of nitrogens with zero attached hydrogens (tertiary/aromatic N) is 3. The molecule has 4 nitrogen and oxygen atoms in total. The maximum absolute atomic E-state index is 13.3. The van der Waals surface area contributed by atoms with Crippen molar-refractivity contribution in [2.75, 3.05) is 6.54 Å². The Balaban J connectivity index is 1.74. The topological polar surface area (TPSA) is 38.1 Å². The van der Waals surface area contributed by atoms with Gasteiger partial charge in [-0.1, -0.05) is 24.3 Å². The third kappa shape index (κ3) is 3.34. The number of fused-ring (bicyclic) bond motifs is 1. The summed E-state index contributed by atoms with van der Waals surface area (Å²) in [4.78, 5) is 19.4. The van der Waals surface area contributed by atoms with Crippen LogP contribution >= 0.6 is 0 Å². The Morgan fingerprint density at radius 2 is 1.81 bits per heavy atom. The minimum atomic E-state index is -0.239. The molecule has 0 N–H and O–H groups in total. The first kappa shape index (κ1) is 17.7. The molecule has 2 aromatic carbocycles. The molecule has 1 saturated heterocycles. The second kappa shape index (κ2) is 6.48. The van der Waals surface area contributed by atoms with Crippen LogP contribution in [0.1, 0.15) is 44.5 Å². The van der Waals surface area contributed by atoms with Crippen LogP contribution in [0, 0.1) is 5.82 Å². The molecule has 27 heavy (non-hydrogen) atoms. The van der Waals surface area contributed by atoms with Crippen molar-refractivity contribution in [3.8, 4) is 0 Å². The highest BCUT2D eigenvalue weighted by Gasteiger charge is 2.38. The summed E-state index contributed by atoms with van der Waals surface area (Å²) in [5.41, 5.74) is 2.78. The molecule has 0 radical (unpaired) electrons. The van der Waals surface area contributed by atoms with Gasteiger partial charge in [0.1, 0.15) is 11.6 Å². The van der Waals surface area contributed by atoms with E-state index in [1.165, 1.54) is 12.1 Å². The van der Waals surface area contributed by atoms with Crippen LogP contribution in [0.15, 0.2) is 48.5 Å². The lowest BCUT2D eigenvalue weighted by Crippen LogP contribution is -2.42. The minimum absolute atomic E-state index is 0.0598. The van der Waals surface area contributed by atoms with Gasteiger partial charge >= 0.3 is 0 Å². The SMILES string of the molecule is CC(C)(C)N1CC(c2nc3ccccc3n2Cc2ccc(F)cc2)CC1=O. The van der Waals surface area contributed by atoms with Gasteiger partial charge in [0.05, 0.1) is 11.0 Å². The number of rotatable bonds is 3. The van der Waals surface area contributed by atoms with E-state index in [0.29, 0.717) is 19.5 Å². The van der Waals surface area contributed by atoms with Crippen molar-refractivity contribution in [2.24, 2.45) is 0 Å². The first-order valence-corrected chi connectivity index (χ1v) is 9.33. The van der Waals surface area contributed by atoms with Gasteiger partial charge in [-0.05, 0) is 50.6 Å². The summed E-state index contributed by atoms with van der Waals surface area (Å²) < 4.78 is 15.5. The van der Waals surface area contributed by atoms with Gasteiger partial charge in [0.2, 0.25) is 5.91 Å². The Morgan fingerprint density at radius 1 is 1.11 bits per heavy atom. The maximum Gasteiger partial charge on any atom is 0.223 e. The maximum atomic E-state index is 13.3. The number of hydrogen-bond acceptors (Lipinski definition) is 2. The molecule has 1 unspecified atom stereocenters. The van der Waals surface area contributed by atoms with Gasteiger partial charge in [-0.3, -0.25) is 4.79 Å². The molecule has 3 aromatic rings. The van der Waals surface area contributed by atoms with Crippen molar-refractivity contribution in [1.29, 1.82) is 0 Å². The van der Waals surface area contributed by atoms with Crippen molar-refractivity contribution in [1.82, 2.24) is 14.5 Å². The van der Waals surface area contributed by atoms with Gasteiger partial charge in [-0.25, -0.2) is 9.37 Å². The largest absolute Gasteiger partial charge is 0.337 e. The zero-order chi connectivity index (χ0) is 19.2. The first-order valence-electron chi connectivity index (χ1n) is 9.33. The number of para-hydroxylation sites is 2. The lowest BCUT2D eigenvalue weighted by molar-refractivity contribution is -0.131. The summed E-state index contributed by atoms with van der Waals surface area (Å²) in [6.45, 7) is 7.48. The van der Waals surface area contributed by atoms with Gasteiger partial charge in [0.15, 0.2) is 0 Å². The van der Waals surface area contributed by atoms with Crippen LogP contribution in [0.3, 0.4) is 0 Å². The number of imidazole rings is 1. The molecule has 0 bridgehead atoms. The van der Waals surface area contributed by atoms with Crippen LogP contribution in [-0.4, -0.2) is 32.4 Å². The van der Waals surface area contributed by atoms with Crippen molar-refractivity contribution in [2.45, 2.75) is 45.2 Å². The molecular formula is C22H24FN3O. The lowest BCUT2D eigenvalue weighted by atomic mass is 10.1. The number of likely N-dealkylation sites (tertiary alicyclic amines) is 1. The van der Waals surface area contributed by atoms with Crippen LogP contribution in [0.5, 0.6) is 0 Å². The van der Waals surface area contributed by atoms with E-state index in [2.05, 4.69) is 25.3 Å². The summed E-state index contributed by atoms with van der Waals surface area (Å²) in [5, 5.41) is 0. The smallest absolute Gasteiger partial charge is 0.223 e. The summed E-state index contributed by atoms with van der Waals surface area (Å²) in [5.74, 6) is 0.926. The van der Waals surface area contributed by atoms with Gasteiger partial charge in [0, 0.05) is 31.0 Å². The Morgan fingerprint density at radius 3 is 2.48 bits per heavy atom. The quantitative estimate of drug-likeness (QED) is 0.693. The van der Waals surface area contributed by atoms with Crippen LogP contribution < -0.4 is 0 Å². The van der Waals surface area contributed by atoms with Gasteiger partial charge in [-0.2, -0.15) is 0 Å². The van der Waals surface area contributed by atoms with Crippen molar-refractivity contribution >= 4 is 16.9 Å². The fourth-order valence-corrected chi connectivity index (χ4v) is 3.87. The molecule has 4 rings (SSSR count). The molecule has 0 aliphatic carbocycles. The monoisotopic (exact) mass is 365 g/mol. The van der Waals surface area contributed by atoms with E-state index >= 15 is 0 Å². The third-order valence-electron chi connectivity index (χ3n) is 5.24. The molecule has 1 atom stereocenters. The lowest BCUT2D eigenvalue weighted by Gasteiger charge is -2.32. The normalized spacial score (nSPS) is 17.9. The Labute approximate surface area is 158 Å². The number of aromatic nitrogens is 2. The van der Waals surface area contributed by atoms with E-state index in [4.69, 9.17) is 4.98 Å². The van der Waals surface area contributed by atoms with Crippen molar-refractivity contribution in [3.63, 3.8) is 0 Å². The fourth-order valence-electron chi connectivity index (χ4n) is 3.87. The molecule has 1 amide bonds. The summed E-state index contributed by atoms with van der Waals surface area (Å²) in [6.07, 6.45) is 0.476. The van der Waals surface area contributed by atoms with E-state index in [9.17, 15) is 9.18 Å². The number of amides is 1. The Hall–Kier alpha value is -2.69. The van der Waals surface area contributed by atoms with Crippen LogP contribution in [0.4, 0.5) is 4.39 Å². The molecule has 0 spiro atoms. The van der Waals surface area contributed by atoms with Crippen LogP contribution in [0.25, 0.3) is 11.0 Å². The molecule has 2 heterocycles. The third-order valence-corrected chi connectivity index (χ3v) is 5.24. The predicted octanol–water partition coefficient (Wildman–Crippen LogP) is 4.34. The van der Waals surface area contributed by atoms with E-state index < -0.39 is 0 Å². The first-order chi connectivity index (χ1) is 12.8. The standard InChI is InChI=1S/C22H24FN3O/c1-22(2,3)26-14-16(12-20(26)27)21-24-18-6-4-5-7-19(18)25(21)13-15-8-10-17(23)11-9-15/h4-11,16H,12-14H2,1-3H3. The van der Waals surface area contributed by atoms with Gasteiger partial charge in [0.25, 0.3) is 0 Å². The highest BCUT2D eigenvalue weighted by molar-refractivity contribution is 5.81. The second-order valence-electron chi connectivity index (χ2n) is 8.25. The molecular weight excluding hydrogens is 341 g/mol. The summed E-state index contributed by atoms with van der Waals surface area (Å²) >= 11 is 0. The number of halogens is 1. The minimum Gasteiger partial charge on any atom is -0.337 e. The number of benzene rings is 2. The average Bonchev–Trinajstić information content (AvgIpc) is 3.18. The second-order valence-corrected chi connectivity index (χ2v) is 8.25. The Bertz CT molecular complexity index is 985. The van der Waals surface area contributed by atoms with E-state index in [1.807, 2.05) is 29.2 Å². The zero-order valence-corrected chi connectivity index (χ0v) is 15.9. The van der Waals surface area contributed by atoms with Crippen LogP contribution in [0.2, 0.25) is 0 Å². The molecule has 1 aliphatic heterocycles. The predicted molar refractivity (Wildman–Crippen MR) is 104 cm³/mol. The highest BCUT2D eigenvalue weighted by atomic mass is 19.1. The van der Waals surface area contributed by atoms with Crippen molar-refractivity contribution in [3.05, 3.63) is 65.7 Å². The number of carbonyl (C=O) groups excluding carboxylic acids is 1. The van der Waals surface area contributed by atoms with E-state index in [-0.39, 0.29) is 23.2 Å². The molecule has 1 fully saturated rings. The van der Waals surface area contributed by atoms with E-state index in [0.717, 1.165) is 22.4 Å². The molecule has 5 heteroatoms. The van der Waals surface area contributed by atoms with Gasteiger partial charge < -0.3 is 9.47 Å². The number of hydrogen-bond donors (Lipinski definition) is 0. The molecule has 140 valence electrons. The molecule has 1 aliphatic rings. The highest BCUT2D eigenvalue weighted by Crippen LogP contribution is 2.34. The Kier molecular flexibility index (Phi) is 4.25. The fraction of sp³-hybridized carbons (Fsp3) is 0.364. The van der Waals surface area contributed by atoms with E-state index in [1.54, 1.807) is 12.1 Å². The van der Waals surface area contributed by atoms with Crippen molar-refractivity contribution < 1.29 is 9.18 Å². The average molecular weight is 365 g/mol. The zero-order valence-electron chi connectivity index (χ0n) is 15.9. The number of carbonyl (C=O) groups is 1.